The van der Waals surface area contributed by atoms with E-state index in [2.05, 4.69) is 15.6 Å². The van der Waals surface area contributed by atoms with Gasteiger partial charge in [0, 0.05) is 49.5 Å². The van der Waals surface area contributed by atoms with Crippen molar-refractivity contribution in [2.45, 2.75) is 97.1 Å². The average Bonchev–Trinajstić information content (AvgIpc) is 3.81. The highest BCUT2D eigenvalue weighted by atomic mass is 32.1. The molecule has 1 aliphatic rings. The van der Waals surface area contributed by atoms with Crippen LogP contribution >= 0.6 is 11.3 Å². The molecule has 2 aromatic heterocycles. The molecule has 1 fully saturated rings. The van der Waals surface area contributed by atoms with Gasteiger partial charge in [0.1, 0.15) is 17.1 Å². The molecule has 0 radical (unpaired) electrons. The number of rotatable bonds is 18. The molecule has 2 aromatic carbocycles. The molecule has 3 heterocycles. The van der Waals surface area contributed by atoms with Gasteiger partial charge >= 0.3 is 12.1 Å². The van der Waals surface area contributed by atoms with Crippen LogP contribution in [0, 0.1) is 11.3 Å². The largest absolute Gasteiger partial charge is 0.465 e. The van der Waals surface area contributed by atoms with E-state index in [0.29, 0.717) is 32.5 Å². The molecule has 14 heteroatoms. The Labute approximate surface area is 345 Å². The summed E-state index contributed by atoms with van der Waals surface area (Å²) in [6, 6.07) is 19.4. The molecule has 13 nitrogen and oxygen atoms in total. The number of thiazole rings is 1. The van der Waals surface area contributed by atoms with Crippen molar-refractivity contribution in [3.8, 4) is 10.6 Å². The van der Waals surface area contributed by atoms with Gasteiger partial charge in [-0.15, -0.1) is 11.3 Å². The highest BCUT2D eigenvalue weighted by Crippen LogP contribution is 2.28. The van der Waals surface area contributed by atoms with E-state index in [-0.39, 0.29) is 30.7 Å². The number of hydrogen-bond donors (Lipinski definition) is 4. The van der Waals surface area contributed by atoms with Crippen molar-refractivity contribution < 1.29 is 29.4 Å². The Hall–Kier alpha value is -5.34. The Morgan fingerprint density at radius 1 is 0.931 bits per heavy atom. The number of nitrogens with zero attached hydrogens (tertiary/aromatic N) is 5. The van der Waals surface area contributed by atoms with Gasteiger partial charge in [-0.2, -0.15) is 0 Å². The van der Waals surface area contributed by atoms with Crippen LogP contribution in [0.3, 0.4) is 0 Å². The van der Waals surface area contributed by atoms with Crippen LogP contribution in [0.2, 0.25) is 0 Å². The molecule has 0 bridgehead atoms. The second-order valence-electron chi connectivity index (χ2n) is 16.3. The monoisotopic (exact) mass is 811 g/mol. The van der Waals surface area contributed by atoms with Crippen LogP contribution in [0.25, 0.3) is 10.6 Å². The van der Waals surface area contributed by atoms with Crippen molar-refractivity contribution in [3.05, 3.63) is 107 Å². The quantitative estimate of drug-likeness (QED) is 0.0937. The lowest BCUT2D eigenvalue weighted by Crippen LogP contribution is -2.58. The number of aliphatic hydroxyl groups excluding tert-OH is 1. The van der Waals surface area contributed by atoms with Crippen molar-refractivity contribution in [1.82, 2.24) is 35.3 Å². The van der Waals surface area contributed by atoms with Gasteiger partial charge in [-0.05, 0) is 53.9 Å². The first-order valence-electron chi connectivity index (χ1n) is 19.9. The van der Waals surface area contributed by atoms with Gasteiger partial charge in [-0.1, -0.05) is 102 Å². The van der Waals surface area contributed by atoms with Crippen LogP contribution < -0.4 is 10.6 Å². The van der Waals surface area contributed by atoms with Gasteiger partial charge in [0.05, 0.1) is 24.4 Å². The van der Waals surface area contributed by atoms with Crippen molar-refractivity contribution in [3.63, 3.8) is 0 Å². The molecule has 5 rings (SSSR count). The Bertz CT molecular complexity index is 1960. The number of aliphatic hydroxyl groups is 1. The van der Waals surface area contributed by atoms with Gasteiger partial charge in [0.15, 0.2) is 0 Å². The van der Waals surface area contributed by atoms with Gasteiger partial charge in [0.2, 0.25) is 11.8 Å². The molecule has 1 aliphatic heterocycles. The van der Waals surface area contributed by atoms with Crippen molar-refractivity contribution in [1.29, 1.82) is 0 Å². The van der Waals surface area contributed by atoms with Crippen LogP contribution in [0.15, 0.2) is 90.6 Å². The number of urea groups is 1. The standard InChI is InChI=1S/C44H57N7O6S/c1-7-29(2)37(51-22-21-50(42(51)55)27-34-28-58-41(47-34)32-19-14-20-45-26-32)39(53)46-33(23-30-15-10-8-11-16-30)25-36(52)35(24-31-17-12-9-13-18-31)48-40(54)38(44(3,4)5)49(6)43(56)57/h8-20,26,28-29,33,35-38,52H,7,21-25,27H2,1-6H3,(H,46,53)(H,48,54)(H,56,57)/t29?,33-,35-,36-,37-,38+/m0/s1. The molecule has 0 spiro atoms. The first kappa shape index (κ1) is 43.8. The zero-order chi connectivity index (χ0) is 42.0. The third kappa shape index (κ3) is 11.4. The van der Waals surface area contributed by atoms with Gasteiger partial charge in [-0.3, -0.25) is 19.5 Å². The van der Waals surface area contributed by atoms with Crippen LogP contribution in [-0.2, 0) is 29.0 Å². The van der Waals surface area contributed by atoms with E-state index in [1.807, 2.05) is 92.0 Å². The summed E-state index contributed by atoms with van der Waals surface area (Å²) in [5.41, 5.74) is 2.73. The van der Waals surface area contributed by atoms with Crippen LogP contribution in [0.5, 0.6) is 0 Å². The zero-order valence-corrected chi connectivity index (χ0v) is 35.1. The van der Waals surface area contributed by atoms with E-state index in [9.17, 15) is 29.4 Å². The molecule has 58 heavy (non-hydrogen) atoms. The highest BCUT2D eigenvalue weighted by Gasteiger charge is 2.42. The Morgan fingerprint density at radius 2 is 1.59 bits per heavy atom. The van der Waals surface area contributed by atoms with Gasteiger partial charge in [0.25, 0.3) is 0 Å². The Morgan fingerprint density at radius 3 is 2.17 bits per heavy atom. The maximum Gasteiger partial charge on any atom is 0.407 e. The fourth-order valence-corrected chi connectivity index (χ4v) is 8.44. The van der Waals surface area contributed by atoms with E-state index in [1.54, 1.807) is 43.0 Å². The minimum Gasteiger partial charge on any atom is -0.465 e. The first-order valence-corrected chi connectivity index (χ1v) is 20.8. The smallest absolute Gasteiger partial charge is 0.407 e. The lowest BCUT2D eigenvalue weighted by molar-refractivity contribution is -0.131. The van der Waals surface area contributed by atoms with E-state index < -0.39 is 47.7 Å². The number of amides is 5. The Balaban J connectivity index is 1.36. The number of nitrogens with one attached hydrogen (secondary N) is 2. The predicted octanol–water partition coefficient (Wildman–Crippen LogP) is 6.09. The summed E-state index contributed by atoms with van der Waals surface area (Å²) in [6.45, 7) is 10.5. The normalized spacial score (nSPS) is 16.2. The highest BCUT2D eigenvalue weighted by molar-refractivity contribution is 7.13. The van der Waals surface area contributed by atoms with Crippen LogP contribution in [0.4, 0.5) is 9.59 Å². The topological polar surface area (TPSA) is 168 Å². The minimum absolute atomic E-state index is 0.0732. The number of benzene rings is 2. The summed E-state index contributed by atoms with van der Waals surface area (Å²) < 4.78 is 0. The maximum absolute atomic E-state index is 14.5. The number of likely N-dealkylation sites (N-methyl/N-ethyl adjacent to an activating group) is 1. The number of hydrogen-bond acceptors (Lipinski definition) is 8. The summed E-state index contributed by atoms with van der Waals surface area (Å²) in [5, 5.41) is 30.8. The summed E-state index contributed by atoms with van der Waals surface area (Å²) in [4.78, 5) is 67.8. The average molecular weight is 812 g/mol. The third-order valence-corrected chi connectivity index (χ3v) is 11.7. The van der Waals surface area contributed by atoms with E-state index in [4.69, 9.17) is 4.98 Å². The van der Waals surface area contributed by atoms with Crippen molar-refractivity contribution >= 4 is 35.3 Å². The van der Waals surface area contributed by atoms with Crippen molar-refractivity contribution in [2.24, 2.45) is 11.3 Å². The van der Waals surface area contributed by atoms with E-state index in [0.717, 1.165) is 32.3 Å². The SMILES string of the molecule is CCC(C)[C@@H](C(=O)N[C@@H](Cc1ccccc1)C[C@H](O)[C@H](Cc1ccccc1)NC(=O)[C@@H](N(C)C(=O)O)C(C)(C)C)N1CCN(Cc2csc(-c3cccnc3)n2)C1=O. The van der Waals surface area contributed by atoms with E-state index >= 15 is 0 Å². The maximum atomic E-state index is 14.5. The number of aromatic nitrogens is 2. The second kappa shape index (κ2) is 19.9. The van der Waals surface area contributed by atoms with Gasteiger partial charge in [-0.25, -0.2) is 14.6 Å². The number of carbonyl (C=O) groups excluding carboxylic acids is 3. The Kier molecular flexibility index (Phi) is 15.0. The summed E-state index contributed by atoms with van der Waals surface area (Å²) in [7, 11) is 1.36. The molecule has 0 saturated carbocycles. The van der Waals surface area contributed by atoms with Crippen LogP contribution in [0.1, 0.15) is 64.3 Å². The molecule has 0 aliphatic carbocycles. The lowest BCUT2D eigenvalue weighted by atomic mass is 9.84. The predicted molar refractivity (Wildman–Crippen MR) is 225 cm³/mol. The second-order valence-corrected chi connectivity index (χ2v) is 17.1. The minimum atomic E-state index is -1.24. The summed E-state index contributed by atoms with van der Waals surface area (Å²) >= 11 is 1.49. The van der Waals surface area contributed by atoms with E-state index in [1.165, 1.54) is 18.4 Å². The third-order valence-electron chi connectivity index (χ3n) is 10.8. The number of pyridine rings is 1. The molecular formula is C44H57N7O6S. The number of carboxylic acid groups (broad SMARTS) is 1. The molecule has 4 aromatic rings. The molecule has 1 unspecified atom stereocenters. The van der Waals surface area contributed by atoms with Crippen LogP contribution in [-0.4, -0.2) is 109 Å². The molecule has 6 atom stereocenters. The lowest BCUT2D eigenvalue weighted by Gasteiger charge is -2.37. The first-order chi connectivity index (χ1) is 27.7. The molecule has 310 valence electrons. The molecule has 5 amide bonds. The molecular weight excluding hydrogens is 755 g/mol. The summed E-state index contributed by atoms with van der Waals surface area (Å²) in [6.07, 6.45) is 2.46. The number of carbonyl (C=O) groups is 4. The summed E-state index contributed by atoms with van der Waals surface area (Å²) in [5.74, 6) is -1.01. The molecule has 1 saturated heterocycles. The fraction of sp³-hybridized carbons (Fsp3) is 0.455. The fourth-order valence-electron chi connectivity index (χ4n) is 7.64. The molecule has 4 N–H and O–H groups in total. The van der Waals surface area contributed by atoms with Gasteiger partial charge < -0.3 is 30.6 Å². The van der Waals surface area contributed by atoms with Crippen molar-refractivity contribution in [2.75, 3.05) is 20.1 Å². The zero-order valence-electron chi connectivity index (χ0n) is 34.2.